The molecule has 2 atom stereocenters. The first-order chi connectivity index (χ1) is 9.22. The van der Waals surface area contributed by atoms with Gasteiger partial charge in [-0.2, -0.15) is 0 Å². The van der Waals surface area contributed by atoms with Gasteiger partial charge in [-0.1, -0.05) is 18.2 Å². The molecule has 1 N–H and O–H groups in total. The van der Waals surface area contributed by atoms with Crippen molar-refractivity contribution in [3.8, 4) is 0 Å². The molecule has 0 aromatic heterocycles. The molecule has 1 amide bonds. The Morgan fingerprint density at radius 2 is 2.21 bits per heavy atom. The molecule has 19 heavy (non-hydrogen) atoms. The van der Waals surface area contributed by atoms with Crippen LogP contribution >= 0.6 is 11.8 Å². The minimum Gasteiger partial charge on any atom is -0.338 e. The Bertz CT molecular complexity index is 404. The Morgan fingerprint density at radius 1 is 1.47 bits per heavy atom. The number of carbonyl (C=O) groups is 1. The summed E-state index contributed by atoms with van der Waals surface area (Å²) in [5, 5.41) is 3.30. The molecule has 0 saturated carbocycles. The van der Waals surface area contributed by atoms with Crippen molar-refractivity contribution < 1.29 is 4.79 Å². The van der Waals surface area contributed by atoms with Crippen molar-refractivity contribution >= 4 is 17.7 Å². The second-order valence-electron chi connectivity index (χ2n) is 4.84. The maximum absolute atomic E-state index is 12.5. The van der Waals surface area contributed by atoms with Crippen LogP contribution in [0.2, 0.25) is 0 Å². The first kappa shape index (κ1) is 14.4. The minimum atomic E-state index is -0.0250. The average Bonchev–Trinajstić information content (AvgIpc) is 2.94. The number of hydrogen-bond acceptors (Lipinski definition) is 3. The highest BCUT2D eigenvalue weighted by atomic mass is 32.2. The van der Waals surface area contributed by atoms with E-state index in [-0.39, 0.29) is 11.2 Å². The van der Waals surface area contributed by atoms with Crippen LogP contribution < -0.4 is 5.32 Å². The van der Waals surface area contributed by atoms with Gasteiger partial charge in [-0.25, -0.2) is 0 Å². The van der Waals surface area contributed by atoms with Crippen molar-refractivity contribution in [1.82, 2.24) is 10.2 Å². The van der Waals surface area contributed by atoms with E-state index in [2.05, 4.69) is 24.4 Å². The van der Waals surface area contributed by atoms with Gasteiger partial charge in [0.15, 0.2) is 0 Å². The number of rotatable bonds is 5. The summed E-state index contributed by atoms with van der Waals surface area (Å²) >= 11 is 1.64. The van der Waals surface area contributed by atoms with Crippen molar-refractivity contribution in [1.29, 1.82) is 0 Å². The predicted molar refractivity (Wildman–Crippen MR) is 80.4 cm³/mol. The number of nitrogens with one attached hydrogen (secondary N) is 1. The van der Waals surface area contributed by atoms with E-state index in [0.717, 1.165) is 31.0 Å². The van der Waals surface area contributed by atoms with Crippen molar-refractivity contribution in [2.24, 2.45) is 0 Å². The standard InChI is InChI=1S/C15H22N2OS/c1-3-17(13-9-10-16-11-13)15(18)12(2)19-14-7-5-4-6-8-14/h4-8,12-13,16H,3,9-11H2,1-2H3. The lowest BCUT2D eigenvalue weighted by atomic mass is 10.2. The van der Waals surface area contributed by atoms with E-state index < -0.39 is 0 Å². The maximum Gasteiger partial charge on any atom is 0.236 e. The summed E-state index contributed by atoms with van der Waals surface area (Å²) in [6.07, 6.45) is 1.07. The quantitative estimate of drug-likeness (QED) is 0.839. The fourth-order valence-corrected chi connectivity index (χ4v) is 3.45. The molecule has 1 saturated heterocycles. The lowest BCUT2D eigenvalue weighted by molar-refractivity contribution is -0.132. The van der Waals surface area contributed by atoms with Crippen LogP contribution in [0.4, 0.5) is 0 Å². The zero-order valence-electron chi connectivity index (χ0n) is 11.6. The second-order valence-corrected chi connectivity index (χ2v) is 6.26. The Hall–Kier alpha value is -1.00. The monoisotopic (exact) mass is 278 g/mol. The molecule has 1 heterocycles. The lowest BCUT2D eigenvalue weighted by Crippen LogP contribution is -2.44. The van der Waals surface area contributed by atoms with Gasteiger partial charge >= 0.3 is 0 Å². The van der Waals surface area contributed by atoms with E-state index in [4.69, 9.17) is 0 Å². The van der Waals surface area contributed by atoms with E-state index in [1.807, 2.05) is 30.0 Å². The molecule has 1 aliphatic heterocycles. The van der Waals surface area contributed by atoms with E-state index >= 15 is 0 Å². The van der Waals surface area contributed by atoms with Crippen LogP contribution in [0.25, 0.3) is 0 Å². The van der Waals surface area contributed by atoms with Gasteiger partial charge in [0.25, 0.3) is 0 Å². The molecule has 2 rings (SSSR count). The molecular weight excluding hydrogens is 256 g/mol. The van der Waals surface area contributed by atoms with E-state index in [9.17, 15) is 4.79 Å². The smallest absolute Gasteiger partial charge is 0.236 e. The largest absolute Gasteiger partial charge is 0.338 e. The summed E-state index contributed by atoms with van der Waals surface area (Å²) < 4.78 is 0. The molecule has 4 heteroatoms. The molecule has 0 radical (unpaired) electrons. The van der Waals surface area contributed by atoms with E-state index in [1.54, 1.807) is 11.8 Å². The second kappa shape index (κ2) is 6.96. The molecule has 0 spiro atoms. The summed E-state index contributed by atoms with van der Waals surface area (Å²) in [5.74, 6) is 0.255. The van der Waals surface area contributed by atoms with Gasteiger partial charge in [0.2, 0.25) is 5.91 Å². The van der Waals surface area contributed by atoms with Crippen molar-refractivity contribution in [2.75, 3.05) is 19.6 Å². The van der Waals surface area contributed by atoms with Crippen molar-refractivity contribution in [3.05, 3.63) is 30.3 Å². The zero-order chi connectivity index (χ0) is 13.7. The Kier molecular flexibility index (Phi) is 5.28. The number of amides is 1. The van der Waals surface area contributed by atoms with Crippen LogP contribution in [-0.4, -0.2) is 41.7 Å². The molecule has 1 aromatic carbocycles. The molecule has 104 valence electrons. The van der Waals surface area contributed by atoms with Crippen LogP contribution in [0.15, 0.2) is 35.2 Å². The molecule has 1 fully saturated rings. The van der Waals surface area contributed by atoms with Gasteiger partial charge in [0.1, 0.15) is 0 Å². The number of thioether (sulfide) groups is 1. The summed E-state index contributed by atoms with van der Waals surface area (Å²) in [5.41, 5.74) is 0. The third-order valence-electron chi connectivity index (χ3n) is 3.50. The van der Waals surface area contributed by atoms with Gasteiger partial charge in [-0.15, -0.1) is 11.8 Å². The highest BCUT2D eigenvalue weighted by molar-refractivity contribution is 8.00. The summed E-state index contributed by atoms with van der Waals surface area (Å²) in [6.45, 7) is 6.82. The fourth-order valence-electron chi connectivity index (χ4n) is 2.49. The molecule has 1 aromatic rings. The van der Waals surface area contributed by atoms with Crippen LogP contribution in [0, 0.1) is 0 Å². The van der Waals surface area contributed by atoms with Crippen LogP contribution in [-0.2, 0) is 4.79 Å². The van der Waals surface area contributed by atoms with Gasteiger partial charge in [0.05, 0.1) is 5.25 Å². The number of likely N-dealkylation sites (N-methyl/N-ethyl adjacent to an activating group) is 1. The number of nitrogens with zero attached hydrogens (tertiary/aromatic N) is 1. The highest BCUT2D eigenvalue weighted by Crippen LogP contribution is 2.25. The molecular formula is C15H22N2OS. The zero-order valence-corrected chi connectivity index (χ0v) is 12.5. The highest BCUT2D eigenvalue weighted by Gasteiger charge is 2.28. The fraction of sp³-hybridized carbons (Fsp3) is 0.533. The van der Waals surface area contributed by atoms with Crippen molar-refractivity contribution in [3.63, 3.8) is 0 Å². The van der Waals surface area contributed by atoms with Gasteiger partial charge < -0.3 is 10.2 Å². The average molecular weight is 278 g/mol. The molecule has 0 aliphatic carbocycles. The van der Waals surface area contributed by atoms with Gasteiger partial charge in [-0.05, 0) is 38.9 Å². The number of benzene rings is 1. The van der Waals surface area contributed by atoms with Gasteiger partial charge in [0, 0.05) is 24.0 Å². The van der Waals surface area contributed by atoms with Gasteiger partial charge in [-0.3, -0.25) is 4.79 Å². The van der Waals surface area contributed by atoms with Crippen molar-refractivity contribution in [2.45, 2.75) is 36.5 Å². The summed E-state index contributed by atoms with van der Waals surface area (Å²) in [7, 11) is 0. The summed E-state index contributed by atoms with van der Waals surface area (Å²) in [4.78, 5) is 15.7. The third kappa shape index (κ3) is 3.74. The number of carbonyl (C=O) groups excluding carboxylic acids is 1. The van der Waals surface area contributed by atoms with E-state index in [0.29, 0.717) is 6.04 Å². The molecule has 2 unspecified atom stereocenters. The Morgan fingerprint density at radius 3 is 2.79 bits per heavy atom. The van der Waals surface area contributed by atoms with E-state index in [1.165, 1.54) is 0 Å². The third-order valence-corrected chi connectivity index (χ3v) is 4.60. The molecule has 0 bridgehead atoms. The maximum atomic E-state index is 12.5. The van der Waals surface area contributed by atoms with Crippen LogP contribution in [0.5, 0.6) is 0 Å². The Labute approximate surface area is 119 Å². The first-order valence-electron chi connectivity index (χ1n) is 6.95. The molecule has 3 nitrogen and oxygen atoms in total. The van der Waals surface area contributed by atoms with Crippen LogP contribution in [0.1, 0.15) is 20.3 Å². The molecule has 1 aliphatic rings. The topological polar surface area (TPSA) is 32.3 Å². The Balaban J connectivity index is 1.97. The number of hydrogen-bond donors (Lipinski definition) is 1. The predicted octanol–water partition coefficient (Wildman–Crippen LogP) is 2.38. The van der Waals surface area contributed by atoms with Crippen LogP contribution in [0.3, 0.4) is 0 Å². The normalized spacial score (nSPS) is 20.2. The first-order valence-corrected chi connectivity index (χ1v) is 7.83. The SMILES string of the molecule is CCN(C(=O)C(C)Sc1ccccc1)C1CCNC1. The minimum absolute atomic E-state index is 0.0250. The summed E-state index contributed by atoms with van der Waals surface area (Å²) in [6, 6.07) is 10.5. The lowest BCUT2D eigenvalue weighted by Gasteiger charge is -2.29.